The summed E-state index contributed by atoms with van der Waals surface area (Å²) >= 11 is 0. The normalized spacial score (nSPS) is 10.7. The molecule has 0 radical (unpaired) electrons. The largest absolute Gasteiger partial charge is 0.437 e. The summed E-state index contributed by atoms with van der Waals surface area (Å²) in [6, 6.07) is 15.7. The predicted octanol–water partition coefficient (Wildman–Crippen LogP) is 3.14. The molecule has 0 saturated carbocycles. The fraction of sp³-hybridized carbons (Fsp3) is 0.125. The highest BCUT2D eigenvalue weighted by Gasteiger charge is 2.02. The summed E-state index contributed by atoms with van der Waals surface area (Å²) < 4.78 is 5.73. The summed E-state index contributed by atoms with van der Waals surface area (Å²) in [6.45, 7) is 0.843. The molecule has 3 rings (SSSR count). The first-order chi connectivity index (χ1) is 9.85. The monoisotopic (exact) mass is 265 g/mol. The second-order valence-electron chi connectivity index (χ2n) is 4.47. The molecular formula is C16H15N3O. The van der Waals surface area contributed by atoms with Crippen LogP contribution < -0.4 is 10.1 Å². The number of ether oxygens (including phenoxy) is 1. The molecule has 100 valence electrons. The summed E-state index contributed by atoms with van der Waals surface area (Å²) in [4.78, 5) is 8.76. The Morgan fingerprint density at radius 1 is 1.00 bits per heavy atom. The number of rotatable bonds is 4. The van der Waals surface area contributed by atoms with E-state index in [0.717, 1.165) is 23.3 Å². The lowest BCUT2D eigenvalue weighted by atomic mass is 10.2. The number of benzene rings is 2. The molecule has 0 atom stereocenters. The Labute approximate surface area is 117 Å². The molecule has 0 aliphatic rings. The molecule has 4 heteroatoms. The van der Waals surface area contributed by atoms with Gasteiger partial charge in [0, 0.05) is 6.54 Å². The lowest BCUT2D eigenvalue weighted by molar-refractivity contribution is 0.462. The number of hydrogen-bond acceptors (Lipinski definition) is 4. The number of nitrogens with zero attached hydrogens (tertiary/aromatic N) is 2. The van der Waals surface area contributed by atoms with Crippen LogP contribution in [0, 0.1) is 0 Å². The summed E-state index contributed by atoms with van der Waals surface area (Å²) in [7, 11) is 1.93. The maximum absolute atomic E-state index is 5.73. The standard InChI is InChI=1S/C16H15N3O/c1-17-10-12-6-8-13(9-7-12)20-16-11-18-14-4-2-3-5-15(14)19-16/h2-9,11,17H,10H2,1H3. The van der Waals surface area contributed by atoms with Crippen molar-refractivity contribution in [2.75, 3.05) is 7.05 Å². The number of fused-ring (bicyclic) bond motifs is 1. The van der Waals surface area contributed by atoms with Crippen molar-refractivity contribution >= 4 is 11.0 Å². The number of aromatic nitrogens is 2. The van der Waals surface area contributed by atoms with Crippen molar-refractivity contribution in [3.05, 3.63) is 60.3 Å². The van der Waals surface area contributed by atoms with Crippen molar-refractivity contribution in [1.82, 2.24) is 15.3 Å². The van der Waals surface area contributed by atoms with Crippen molar-refractivity contribution in [3.63, 3.8) is 0 Å². The SMILES string of the molecule is CNCc1ccc(Oc2cnc3ccccc3n2)cc1. The van der Waals surface area contributed by atoms with Crippen LogP contribution in [0.25, 0.3) is 11.0 Å². The van der Waals surface area contributed by atoms with E-state index in [-0.39, 0.29) is 0 Å². The second kappa shape index (κ2) is 5.67. The fourth-order valence-corrected chi connectivity index (χ4v) is 1.99. The lowest BCUT2D eigenvalue weighted by Crippen LogP contribution is -2.04. The second-order valence-corrected chi connectivity index (χ2v) is 4.47. The van der Waals surface area contributed by atoms with Crippen LogP contribution in [0.15, 0.2) is 54.7 Å². The van der Waals surface area contributed by atoms with Gasteiger partial charge in [-0.2, -0.15) is 0 Å². The summed E-state index contributed by atoms with van der Waals surface area (Å²) in [5.74, 6) is 1.26. The van der Waals surface area contributed by atoms with Gasteiger partial charge in [-0.25, -0.2) is 9.97 Å². The average Bonchev–Trinajstić information content (AvgIpc) is 2.49. The number of nitrogens with one attached hydrogen (secondary N) is 1. The van der Waals surface area contributed by atoms with E-state index in [9.17, 15) is 0 Å². The van der Waals surface area contributed by atoms with Gasteiger partial charge in [-0.1, -0.05) is 24.3 Å². The highest BCUT2D eigenvalue weighted by atomic mass is 16.5. The third kappa shape index (κ3) is 2.75. The van der Waals surface area contributed by atoms with Gasteiger partial charge < -0.3 is 10.1 Å². The molecule has 0 aliphatic heterocycles. The van der Waals surface area contributed by atoms with Gasteiger partial charge in [-0.05, 0) is 36.9 Å². The topological polar surface area (TPSA) is 47.0 Å². The van der Waals surface area contributed by atoms with Crippen LogP contribution in [-0.4, -0.2) is 17.0 Å². The van der Waals surface area contributed by atoms with Crippen LogP contribution in [0.2, 0.25) is 0 Å². The van der Waals surface area contributed by atoms with Crippen LogP contribution in [0.3, 0.4) is 0 Å². The maximum atomic E-state index is 5.73. The molecule has 4 nitrogen and oxygen atoms in total. The Balaban J connectivity index is 1.81. The Bertz CT molecular complexity index is 710. The number of para-hydroxylation sites is 2. The first-order valence-corrected chi connectivity index (χ1v) is 6.48. The van der Waals surface area contributed by atoms with Crippen molar-refractivity contribution in [2.45, 2.75) is 6.54 Å². The lowest BCUT2D eigenvalue weighted by Gasteiger charge is -2.06. The molecule has 1 heterocycles. The third-order valence-corrected chi connectivity index (χ3v) is 2.95. The number of hydrogen-bond donors (Lipinski definition) is 1. The van der Waals surface area contributed by atoms with E-state index in [1.54, 1.807) is 6.20 Å². The van der Waals surface area contributed by atoms with Crippen molar-refractivity contribution in [3.8, 4) is 11.6 Å². The minimum absolute atomic E-state index is 0.505. The smallest absolute Gasteiger partial charge is 0.238 e. The van der Waals surface area contributed by atoms with Gasteiger partial charge in [0.05, 0.1) is 17.2 Å². The minimum atomic E-state index is 0.505. The van der Waals surface area contributed by atoms with Crippen molar-refractivity contribution in [1.29, 1.82) is 0 Å². The van der Waals surface area contributed by atoms with Gasteiger partial charge in [0.15, 0.2) is 0 Å². The van der Waals surface area contributed by atoms with Crippen LogP contribution in [0.4, 0.5) is 0 Å². The summed E-state index contributed by atoms with van der Waals surface area (Å²) in [5, 5.41) is 3.11. The molecule has 0 amide bonds. The van der Waals surface area contributed by atoms with Crippen LogP contribution >= 0.6 is 0 Å². The van der Waals surface area contributed by atoms with E-state index in [1.165, 1.54) is 5.56 Å². The molecule has 1 aromatic heterocycles. The summed E-state index contributed by atoms with van der Waals surface area (Å²) in [6.07, 6.45) is 1.64. The molecule has 0 saturated heterocycles. The molecule has 0 fully saturated rings. The molecule has 0 unspecified atom stereocenters. The molecular weight excluding hydrogens is 250 g/mol. The minimum Gasteiger partial charge on any atom is -0.437 e. The molecule has 3 aromatic rings. The Morgan fingerprint density at radius 3 is 2.50 bits per heavy atom. The van der Waals surface area contributed by atoms with Gasteiger partial charge in [-0.15, -0.1) is 0 Å². The predicted molar refractivity (Wildman–Crippen MR) is 78.8 cm³/mol. The molecule has 1 N–H and O–H groups in total. The highest BCUT2D eigenvalue weighted by molar-refractivity contribution is 5.74. The van der Waals surface area contributed by atoms with Gasteiger partial charge in [-0.3, -0.25) is 0 Å². The Kier molecular flexibility index (Phi) is 3.56. The fourth-order valence-electron chi connectivity index (χ4n) is 1.99. The Morgan fingerprint density at radius 2 is 1.75 bits per heavy atom. The van der Waals surface area contributed by atoms with Crippen LogP contribution in [-0.2, 0) is 6.54 Å². The van der Waals surface area contributed by atoms with Crippen molar-refractivity contribution < 1.29 is 4.74 Å². The molecule has 2 aromatic carbocycles. The first kappa shape index (κ1) is 12.6. The molecule has 0 aliphatic carbocycles. The zero-order chi connectivity index (χ0) is 13.8. The third-order valence-electron chi connectivity index (χ3n) is 2.95. The van der Waals surface area contributed by atoms with E-state index in [4.69, 9.17) is 4.74 Å². The van der Waals surface area contributed by atoms with Gasteiger partial charge >= 0.3 is 0 Å². The molecule has 0 spiro atoms. The quantitative estimate of drug-likeness (QED) is 0.787. The zero-order valence-corrected chi connectivity index (χ0v) is 11.2. The van der Waals surface area contributed by atoms with Crippen molar-refractivity contribution in [2.24, 2.45) is 0 Å². The zero-order valence-electron chi connectivity index (χ0n) is 11.2. The average molecular weight is 265 g/mol. The van der Waals surface area contributed by atoms with Gasteiger partial charge in [0.2, 0.25) is 5.88 Å². The van der Waals surface area contributed by atoms with E-state index in [2.05, 4.69) is 15.3 Å². The molecule has 0 bridgehead atoms. The van der Waals surface area contributed by atoms with E-state index >= 15 is 0 Å². The Hall–Kier alpha value is -2.46. The van der Waals surface area contributed by atoms with Gasteiger partial charge in [0.25, 0.3) is 0 Å². The highest BCUT2D eigenvalue weighted by Crippen LogP contribution is 2.21. The van der Waals surface area contributed by atoms with Crippen LogP contribution in [0.1, 0.15) is 5.56 Å². The van der Waals surface area contributed by atoms with Gasteiger partial charge in [0.1, 0.15) is 5.75 Å². The maximum Gasteiger partial charge on any atom is 0.238 e. The first-order valence-electron chi connectivity index (χ1n) is 6.48. The van der Waals surface area contributed by atoms with E-state index < -0.39 is 0 Å². The van der Waals surface area contributed by atoms with Crippen LogP contribution in [0.5, 0.6) is 11.6 Å². The van der Waals surface area contributed by atoms with E-state index in [1.807, 2.05) is 55.6 Å². The summed E-state index contributed by atoms with van der Waals surface area (Å²) in [5.41, 5.74) is 2.91. The molecule has 20 heavy (non-hydrogen) atoms. The van der Waals surface area contributed by atoms with E-state index in [0.29, 0.717) is 5.88 Å².